The summed E-state index contributed by atoms with van der Waals surface area (Å²) in [6.45, 7) is 5.68. The quantitative estimate of drug-likeness (QED) is 0.720. The topological polar surface area (TPSA) is 71.5 Å². The predicted molar refractivity (Wildman–Crippen MR) is 106 cm³/mol. The normalized spacial score (nSPS) is 11.0. The summed E-state index contributed by atoms with van der Waals surface area (Å²) in [5.41, 5.74) is 1.03. The summed E-state index contributed by atoms with van der Waals surface area (Å²) in [4.78, 5) is 30.0. The second-order valence-electron chi connectivity index (χ2n) is 6.95. The number of para-hydroxylation sites is 1. The Kier molecular flexibility index (Phi) is 6.68. The Hall–Kier alpha value is -2.31. The Bertz CT molecular complexity index is 830. The Morgan fingerprint density at radius 1 is 1.15 bits per heavy atom. The first kappa shape index (κ1) is 21.0. The number of pyridine rings is 1. The Balaban J connectivity index is 2.15. The molecule has 1 aromatic heterocycles. The maximum atomic E-state index is 12.5. The number of anilines is 1. The zero-order chi connectivity index (χ0) is 20.2. The highest BCUT2D eigenvalue weighted by atomic mass is 35.5. The van der Waals surface area contributed by atoms with Gasteiger partial charge < -0.3 is 15.0 Å². The van der Waals surface area contributed by atoms with Gasteiger partial charge in [-0.05, 0) is 44.5 Å². The van der Waals surface area contributed by atoms with E-state index >= 15 is 0 Å². The number of hydrogen-bond acceptors (Lipinski definition) is 4. The zero-order valence-electron chi connectivity index (χ0n) is 15.5. The van der Waals surface area contributed by atoms with Crippen molar-refractivity contribution in [2.75, 3.05) is 12.4 Å². The van der Waals surface area contributed by atoms with Gasteiger partial charge in [0, 0.05) is 18.3 Å². The molecule has 0 radical (unpaired) electrons. The molecular weight excluding hydrogens is 389 g/mol. The van der Waals surface area contributed by atoms with Crippen LogP contribution in [0.5, 0.6) is 0 Å². The summed E-state index contributed by atoms with van der Waals surface area (Å²) in [6, 6.07) is 10.0. The Morgan fingerprint density at radius 3 is 2.33 bits per heavy atom. The molecule has 0 atom stereocenters. The first-order valence-electron chi connectivity index (χ1n) is 8.21. The van der Waals surface area contributed by atoms with E-state index < -0.39 is 11.7 Å². The van der Waals surface area contributed by atoms with E-state index in [-0.39, 0.29) is 28.3 Å². The van der Waals surface area contributed by atoms with E-state index in [2.05, 4.69) is 10.3 Å². The molecule has 27 heavy (non-hydrogen) atoms. The van der Waals surface area contributed by atoms with Crippen LogP contribution >= 0.6 is 23.2 Å². The van der Waals surface area contributed by atoms with Gasteiger partial charge in [0.05, 0.1) is 6.54 Å². The van der Waals surface area contributed by atoms with Gasteiger partial charge in [-0.15, -0.1) is 0 Å². The molecule has 0 bridgehead atoms. The first-order chi connectivity index (χ1) is 12.5. The minimum Gasteiger partial charge on any atom is -0.444 e. The lowest BCUT2D eigenvalue weighted by molar-refractivity contribution is 0.0285. The smallest absolute Gasteiger partial charge is 0.410 e. The number of carbonyl (C=O) groups is 2. The Labute approximate surface area is 168 Å². The summed E-state index contributed by atoms with van der Waals surface area (Å²) in [7, 11) is 1.63. The van der Waals surface area contributed by atoms with Crippen molar-refractivity contribution in [1.29, 1.82) is 0 Å². The molecule has 0 unspecified atom stereocenters. The molecular formula is C19H21Cl2N3O3. The average molecular weight is 410 g/mol. The van der Waals surface area contributed by atoms with Crippen LogP contribution in [0, 0.1) is 0 Å². The number of amides is 2. The maximum absolute atomic E-state index is 12.5. The van der Waals surface area contributed by atoms with Crippen LogP contribution < -0.4 is 5.32 Å². The molecule has 2 rings (SSSR count). The van der Waals surface area contributed by atoms with Gasteiger partial charge in [-0.25, -0.2) is 9.78 Å². The number of benzene rings is 1. The van der Waals surface area contributed by atoms with Crippen molar-refractivity contribution in [3.05, 3.63) is 57.8 Å². The van der Waals surface area contributed by atoms with Gasteiger partial charge in [-0.2, -0.15) is 0 Å². The molecule has 0 saturated heterocycles. The molecule has 0 aliphatic heterocycles. The van der Waals surface area contributed by atoms with Crippen molar-refractivity contribution in [3.63, 3.8) is 0 Å². The van der Waals surface area contributed by atoms with Crippen molar-refractivity contribution in [2.45, 2.75) is 32.9 Å². The van der Waals surface area contributed by atoms with E-state index in [9.17, 15) is 9.59 Å². The molecule has 6 nitrogen and oxygen atoms in total. The van der Waals surface area contributed by atoms with Gasteiger partial charge in [-0.3, -0.25) is 4.79 Å². The van der Waals surface area contributed by atoms with Crippen molar-refractivity contribution in [3.8, 4) is 0 Å². The van der Waals surface area contributed by atoms with Gasteiger partial charge in [0.25, 0.3) is 5.91 Å². The molecule has 1 heterocycles. The van der Waals surface area contributed by atoms with Crippen LogP contribution in [0.2, 0.25) is 10.3 Å². The van der Waals surface area contributed by atoms with E-state index in [1.165, 1.54) is 17.0 Å². The van der Waals surface area contributed by atoms with Gasteiger partial charge in [0.2, 0.25) is 0 Å². The summed E-state index contributed by atoms with van der Waals surface area (Å²) in [5.74, 6) is -0.381. The van der Waals surface area contributed by atoms with Crippen LogP contribution in [0.15, 0.2) is 36.4 Å². The highest BCUT2D eigenvalue weighted by Gasteiger charge is 2.20. The fraction of sp³-hybridized carbons (Fsp3) is 0.316. The van der Waals surface area contributed by atoms with Crippen molar-refractivity contribution >= 4 is 40.9 Å². The molecule has 0 aliphatic carbocycles. The zero-order valence-corrected chi connectivity index (χ0v) is 17.1. The number of aromatic nitrogens is 1. The van der Waals surface area contributed by atoms with Gasteiger partial charge in [0.15, 0.2) is 0 Å². The lowest BCUT2D eigenvalue weighted by atomic mass is 10.1. The van der Waals surface area contributed by atoms with E-state index in [1.54, 1.807) is 40.0 Å². The van der Waals surface area contributed by atoms with Crippen molar-refractivity contribution in [2.24, 2.45) is 0 Å². The van der Waals surface area contributed by atoms with Gasteiger partial charge in [0.1, 0.15) is 15.9 Å². The van der Waals surface area contributed by atoms with Crippen molar-refractivity contribution in [1.82, 2.24) is 9.88 Å². The van der Waals surface area contributed by atoms with E-state index in [0.29, 0.717) is 5.69 Å². The lowest BCUT2D eigenvalue weighted by Crippen LogP contribution is -2.34. The number of nitrogens with zero attached hydrogens (tertiary/aromatic N) is 2. The number of nitrogens with one attached hydrogen (secondary N) is 1. The predicted octanol–water partition coefficient (Wildman–Crippen LogP) is 5.01. The highest BCUT2D eigenvalue weighted by molar-refractivity contribution is 6.33. The van der Waals surface area contributed by atoms with Crippen LogP contribution in [-0.2, 0) is 11.3 Å². The molecule has 1 N–H and O–H groups in total. The minimum absolute atomic E-state index is 0.130. The fourth-order valence-corrected chi connectivity index (χ4v) is 2.69. The summed E-state index contributed by atoms with van der Waals surface area (Å²) >= 11 is 11.7. The van der Waals surface area contributed by atoms with Crippen LogP contribution in [0.1, 0.15) is 36.7 Å². The molecule has 0 saturated carbocycles. The average Bonchev–Trinajstić information content (AvgIpc) is 2.54. The van der Waals surface area contributed by atoms with Gasteiger partial charge in [-0.1, -0.05) is 41.4 Å². The van der Waals surface area contributed by atoms with Gasteiger partial charge >= 0.3 is 6.09 Å². The number of halogens is 2. The van der Waals surface area contributed by atoms with Crippen LogP contribution in [-0.4, -0.2) is 34.5 Å². The molecule has 2 amide bonds. The Morgan fingerprint density at radius 2 is 1.74 bits per heavy atom. The molecule has 1 aromatic carbocycles. The molecule has 144 valence electrons. The number of ether oxygens (including phenoxy) is 1. The minimum atomic E-state index is -0.584. The standard InChI is InChI=1S/C19H21Cl2N3O3/c1-19(2,3)27-18(26)24(4)11-12-7-5-6-8-14(12)22-17(25)13-9-15(20)23-16(21)10-13/h5-10H,11H2,1-4H3,(H,22,25). The molecule has 0 spiro atoms. The highest BCUT2D eigenvalue weighted by Crippen LogP contribution is 2.21. The third kappa shape index (κ3) is 6.41. The fourth-order valence-electron chi connectivity index (χ4n) is 2.23. The third-order valence-electron chi connectivity index (χ3n) is 3.40. The monoisotopic (exact) mass is 409 g/mol. The molecule has 0 fully saturated rings. The second-order valence-corrected chi connectivity index (χ2v) is 7.72. The SMILES string of the molecule is CN(Cc1ccccc1NC(=O)c1cc(Cl)nc(Cl)c1)C(=O)OC(C)(C)C. The number of rotatable bonds is 4. The second kappa shape index (κ2) is 8.59. The van der Waals surface area contributed by atoms with Crippen LogP contribution in [0.4, 0.5) is 10.5 Å². The molecule has 0 aliphatic rings. The van der Waals surface area contributed by atoms with E-state index in [1.807, 2.05) is 12.1 Å². The van der Waals surface area contributed by atoms with E-state index in [0.717, 1.165) is 5.56 Å². The first-order valence-corrected chi connectivity index (χ1v) is 8.97. The summed E-state index contributed by atoms with van der Waals surface area (Å²) in [5, 5.41) is 3.07. The maximum Gasteiger partial charge on any atom is 0.410 e. The lowest BCUT2D eigenvalue weighted by Gasteiger charge is -2.25. The van der Waals surface area contributed by atoms with Crippen LogP contribution in [0.3, 0.4) is 0 Å². The summed E-state index contributed by atoms with van der Waals surface area (Å²) in [6.07, 6.45) is -0.448. The van der Waals surface area contributed by atoms with Crippen molar-refractivity contribution < 1.29 is 14.3 Å². The third-order valence-corrected chi connectivity index (χ3v) is 3.79. The number of hydrogen-bond donors (Lipinski definition) is 1. The largest absolute Gasteiger partial charge is 0.444 e. The number of carbonyl (C=O) groups excluding carboxylic acids is 2. The van der Waals surface area contributed by atoms with Crippen LogP contribution in [0.25, 0.3) is 0 Å². The molecule has 8 heteroatoms. The molecule has 2 aromatic rings. The summed E-state index contributed by atoms with van der Waals surface area (Å²) < 4.78 is 5.35. The van der Waals surface area contributed by atoms with E-state index in [4.69, 9.17) is 27.9 Å².